The van der Waals surface area contributed by atoms with Crippen LogP contribution >= 0.6 is 34.8 Å². The number of nitrogens with one attached hydrogen (secondary N) is 2. The monoisotopic (exact) mass is 512 g/mol. The van der Waals surface area contributed by atoms with Crippen molar-refractivity contribution in [2.24, 2.45) is 0 Å². The quantitative estimate of drug-likeness (QED) is 0.373. The number of ether oxygens (including phenoxy) is 1. The van der Waals surface area contributed by atoms with E-state index >= 15 is 0 Å². The number of amides is 1. The van der Waals surface area contributed by atoms with Crippen LogP contribution < -0.4 is 14.8 Å². The second-order valence-corrected chi connectivity index (χ2v) is 9.74. The van der Waals surface area contributed by atoms with Gasteiger partial charge in [-0.2, -0.15) is 0 Å². The second kappa shape index (κ2) is 10.4. The van der Waals surface area contributed by atoms with Crippen LogP contribution in [-0.4, -0.2) is 20.4 Å². The third-order valence-corrected chi connectivity index (χ3v) is 6.39. The van der Waals surface area contributed by atoms with Gasteiger partial charge < -0.3 is 10.1 Å². The van der Waals surface area contributed by atoms with Crippen molar-refractivity contribution in [3.63, 3.8) is 0 Å². The molecule has 3 rings (SSSR count). The van der Waals surface area contributed by atoms with Crippen LogP contribution in [0.1, 0.15) is 13.3 Å². The van der Waals surface area contributed by atoms with Crippen LogP contribution in [0.15, 0.2) is 71.6 Å². The highest BCUT2D eigenvalue weighted by molar-refractivity contribution is 7.92. The van der Waals surface area contributed by atoms with Gasteiger partial charge in [-0.15, -0.1) is 0 Å². The molecule has 1 amide bonds. The third kappa shape index (κ3) is 6.53. The number of carbonyl (C=O) groups excluding carboxylic acids is 1. The minimum Gasteiger partial charge on any atom is -0.481 e. The number of benzene rings is 3. The van der Waals surface area contributed by atoms with E-state index in [0.29, 0.717) is 32.9 Å². The van der Waals surface area contributed by atoms with Crippen molar-refractivity contribution in [2.75, 3.05) is 10.0 Å². The van der Waals surface area contributed by atoms with Crippen molar-refractivity contribution in [1.29, 1.82) is 0 Å². The van der Waals surface area contributed by atoms with Gasteiger partial charge in [0, 0.05) is 20.8 Å². The minimum atomic E-state index is -3.87. The Hall–Kier alpha value is -2.45. The molecular formula is C22H19Cl3N2O4S. The van der Waals surface area contributed by atoms with Crippen molar-refractivity contribution < 1.29 is 17.9 Å². The summed E-state index contributed by atoms with van der Waals surface area (Å²) in [5.41, 5.74) is 0.669. The molecule has 0 aliphatic rings. The van der Waals surface area contributed by atoms with E-state index in [4.69, 9.17) is 39.5 Å². The molecule has 32 heavy (non-hydrogen) atoms. The van der Waals surface area contributed by atoms with Crippen LogP contribution in [0.25, 0.3) is 0 Å². The van der Waals surface area contributed by atoms with E-state index < -0.39 is 16.1 Å². The molecule has 0 fully saturated rings. The zero-order chi connectivity index (χ0) is 23.3. The first-order valence-electron chi connectivity index (χ1n) is 9.48. The topological polar surface area (TPSA) is 84.5 Å². The Morgan fingerprint density at radius 2 is 1.47 bits per heavy atom. The first kappa shape index (κ1) is 24.2. The summed E-state index contributed by atoms with van der Waals surface area (Å²) >= 11 is 17.7. The molecule has 0 spiro atoms. The van der Waals surface area contributed by atoms with Gasteiger partial charge in [-0.1, -0.05) is 41.7 Å². The average molecular weight is 514 g/mol. The maximum Gasteiger partial charge on any atom is 0.265 e. The SMILES string of the molecule is CC[C@@H](Oc1ccc(Cl)cc1)C(=O)Nc1ccc(S(=O)(=O)Nc2cc(Cl)cc(Cl)c2)cc1. The fourth-order valence-corrected chi connectivity index (χ4v) is 4.46. The second-order valence-electron chi connectivity index (χ2n) is 6.75. The van der Waals surface area contributed by atoms with Crippen molar-refractivity contribution in [3.8, 4) is 5.75 Å². The van der Waals surface area contributed by atoms with Crippen molar-refractivity contribution in [2.45, 2.75) is 24.3 Å². The normalized spacial score (nSPS) is 12.1. The molecule has 0 radical (unpaired) electrons. The summed E-state index contributed by atoms with van der Waals surface area (Å²) in [4.78, 5) is 12.6. The molecule has 0 aliphatic carbocycles. The highest BCUT2D eigenvalue weighted by atomic mass is 35.5. The average Bonchev–Trinajstić information content (AvgIpc) is 2.72. The molecule has 0 heterocycles. The zero-order valence-corrected chi connectivity index (χ0v) is 19.9. The molecule has 3 aromatic rings. The smallest absolute Gasteiger partial charge is 0.265 e. The number of carbonyl (C=O) groups is 1. The molecule has 6 nitrogen and oxygen atoms in total. The van der Waals surface area contributed by atoms with Gasteiger partial charge in [0.15, 0.2) is 6.10 Å². The number of halogens is 3. The molecule has 1 atom stereocenters. The molecule has 168 valence electrons. The molecule has 0 bridgehead atoms. The van der Waals surface area contributed by atoms with Crippen LogP contribution in [0, 0.1) is 0 Å². The highest BCUT2D eigenvalue weighted by Gasteiger charge is 2.20. The summed E-state index contributed by atoms with van der Waals surface area (Å²) in [7, 11) is -3.87. The molecule has 0 saturated carbocycles. The molecule has 2 N–H and O–H groups in total. The summed E-state index contributed by atoms with van der Waals surface area (Å²) < 4.78 is 33.4. The maximum atomic E-state index is 12.6. The molecule has 0 saturated heterocycles. The van der Waals surface area contributed by atoms with Crippen LogP contribution in [0.4, 0.5) is 11.4 Å². The van der Waals surface area contributed by atoms with Crippen LogP contribution in [0.2, 0.25) is 15.1 Å². The highest BCUT2D eigenvalue weighted by Crippen LogP contribution is 2.25. The molecule has 0 aliphatic heterocycles. The van der Waals surface area contributed by atoms with Crippen molar-refractivity contribution in [1.82, 2.24) is 0 Å². The van der Waals surface area contributed by atoms with Crippen molar-refractivity contribution >= 4 is 62.1 Å². The predicted octanol–water partition coefficient (Wildman–Crippen LogP) is 6.24. The number of hydrogen-bond donors (Lipinski definition) is 2. The van der Waals surface area contributed by atoms with Crippen LogP contribution in [0.3, 0.4) is 0 Å². The van der Waals surface area contributed by atoms with Gasteiger partial charge in [-0.25, -0.2) is 8.42 Å². The van der Waals surface area contributed by atoms with E-state index in [9.17, 15) is 13.2 Å². The standard InChI is InChI=1S/C22H19Cl3N2O4S/c1-2-21(31-19-7-3-14(23)4-8-19)22(28)26-17-5-9-20(10-6-17)32(29,30)27-18-12-15(24)11-16(25)13-18/h3-13,21,27H,2H2,1H3,(H,26,28)/t21-/m1/s1. The molecule has 0 unspecified atom stereocenters. The number of anilines is 2. The fraction of sp³-hybridized carbons (Fsp3) is 0.136. The van der Waals surface area contributed by atoms with E-state index in [1.165, 1.54) is 42.5 Å². The van der Waals surface area contributed by atoms with E-state index in [-0.39, 0.29) is 16.5 Å². The summed E-state index contributed by atoms with van der Waals surface area (Å²) in [6.07, 6.45) is -0.290. The minimum absolute atomic E-state index is 0.0102. The Kier molecular flexibility index (Phi) is 7.90. The summed E-state index contributed by atoms with van der Waals surface area (Å²) in [6, 6.07) is 16.8. The zero-order valence-electron chi connectivity index (χ0n) is 16.8. The maximum absolute atomic E-state index is 12.6. The van der Waals surface area contributed by atoms with E-state index in [1.807, 2.05) is 6.92 Å². The van der Waals surface area contributed by atoms with Gasteiger partial charge >= 0.3 is 0 Å². The fourth-order valence-electron chi connectivity index (χ4n) is 2.77. The molecular weight excluding hydrogens is 495 g/mol. The van der Waals surface area contributed by atoms with E-state index in [0.717, 1.165) is 0 Å². The number of rotatable bonds is 8. The predicted molar refractivity (Wildman–Crippen MR) is 129 cm³/mol. The Balaban J connectivity index is 1.67. The van der Waals surface area contributed by atoms with Gasteiger partial charge in [0.25, 0.3) is 15.9 Å². The van der Waals surface area contributed by atoms with Crippen molar-refractivity contribution in [3.05, 3.63) is 81.8 Å². The van der Waals surface area contributed by atoms with Crippen LogP contribution in [0.5, 0.6) is 5.75 Å². The molecule has 3 aromatic carbocycles. The third-order valence-electron chi connectivity index (χ3n) is 4.30. The Bertz CT molecular complexity index is 1180. The summed E-state index contributed by atoms with van der Waals surface area (Å²) in [6.45, 7) is 1.82. The summed E-state index contributed by atoms with van der Waals surface area (Å²) in [5, 5.41) is 3.91. The van der Waals surface area contributed by atoms with E-state index in [2.05, 4.69) is 10.0 Å². The summed E-state index contributed by atoms with van der Waals surface area (Å²) in [5.74, 6) is 0.162. The van der Waals surface area contributed by atoms with Gasteiger partial charge in [-0.3, -0.25) is 9.52 Å². The lowest BCUT2D eigenvalue weighted by atomic mass is 10.2. The molecule has 0 aromatic heterocycles. The van der Waals surface area contributed by atoms with Gasteiger partial charge in [-0.05, 0) is 73.2 Å². The van der Waals surface area contributed by atoms with Gasteiger partial charge in [0.2, 0.25) is 0 Å². The lowest BCUT2D eigenvalue weighted by molar-refractivity contribution is -0.122. The first-order valence-corrected chi connectivity index (χ1v) is 12.1. The Morgan fingerprint density at radius 3 is 2.03 bits per heavy atom. The molecule has 10 heteroatoms. The lowest BCUT2D eigenvalue weighted by Gasteiger charge is -2.17. The number of sulfonamides is 1. The van der Waals surface area contributed by atoms with Crippen LogP contribution in [-0.2, 0) is 14.8 Å². The largest absolute Gasteiger partial charge is 0.481 e. The lowest BCUT2D eigenvalue weighted by Crippen LogP contribution is -2.32. The first-order chi connectivity index (χ1) is 15.2. The Labute approximate surface area is 201 Å². The van der Waals surface area contributed by atoms with Gasteiger partial charge in [0.1, 0.15) is 5.75 Å². The van der Waals surface area contributed by atoms with Gasteiger partial charge in [0.05, 0.1) is 10.6 Å². The number of hydrogen-bond acceptors (Lipinski definition) is 4. The van der Waals surface area contributed by atoms with E-state index in [1.54, 1.807) is 24.3 Å². The Morgan fingerprint density at radius 1 is 0.875 bits per heavy atom.